The van der Waals surface area contributed by atoms with Crippen LogP contribution >= 0.6 is 7.92 Å². The van der Waals surface area contributed by atoms with Crippen LogP contribution in [0.1, 0.15) is 11.1 Å². The number of aliphatic imine (C=N–C) groups is 1. The van der Waals surface area contributed by atoms with Crippen molar-refractivity contribution in [3.8, 4) is 11.5 Å². The van der Waals surface area contributed by atoms with E-state index in [-0.39, 0.29) is 0 Å². The fourth-order valence-electron chi connectivity index (χ4n) is 3.11. The number of benzene rings is 3. The van der Waals surface area contributed by atoms with Crippen molar-refractivity contribution in [2.75, 3.05) is 20.4 Å². The van der Waals surface area contributed by atoms with Crippen LogP contribution in [-0.4, -0.2) is 26.6 Å². The summed E-state index contributed by atoms with van der Waals surface area (Å²) in [7, 11) is 2.82. The molecule has 0 aliphatic carbocycles. The maximum atomic E-state index is 5.31. The Bertz CT molecular complexity index is 866. The third-order valence-corrected chi connectivity index (χ3v) is 7.06. The van der Waals surface area contributed by atoms with Gasteiger partial charge in [0.1, 0.15) is 11.5 Å². The SMILES string of the molecule is COc1ccc(P(CC=Nc2c(C)cccc2C)c2ccc(OC)cc2)cc1. The summed E-state index contributed by atoms with van der Waals surface area (Å²) in [5.74, 6) is 1.75. The highest BCUT2D eigenvalue weighted by atomic mass is 31.1. The summed E-state index contributed by atoms with van der Waals surface area (Å²) < 4.78 is 10.6. The number of para-hydroxylation sites is 1. The highest BCUT2D eigenvalue weighted by Crippen LogP contribution is 2.34. The van der Waals surface area contributed by atoms with E-state index in [1.165, 1.54) is 21.7 Å². The zero-order valence-corrected chi connectivity index (χ0v) is 17.7. The van der Waals surface area contributed by atoms with Crippen LogP contribution in [-0.2, 0) is 0 Å². The maximum absolute atomic E-state index is 5.31. The molecule has 0 amide bonds. The lowest BCUT2D eigenvalue weighted by Gasteiger charge is -2.17. The van der Waals surface area contributed by atoms with E-state index < -0.39 is 7.92 Å². The van der Waals surface area contributed by atoms with E-state index in [2.05, 4.69) is 62.5 Å². The van der Waals surface area contributed by atoms with Gasteiger partial charge in [-0.25, -0.2) is 0 Å². The summed E-state index contributed by atoms with van der Waals surface area (Å²) in [6.45, 7) is 4.21. The van der Waals surface area contributed by atoms with Gasteiger partial charge in [-0.3, -0.25) is 4.99 Å². The highest BCUT2D eigenvalue weighted by Gasteiger charge is 2.13. The number of methoxy groups -OCH3 is 2. The second kappa shape index (κ2) is 9.52. The van der Waals surface area contributed by atoms with Crippen LogP contribution in [0, 0.1) is 13.8 Å². The number of hydrogen-bond acceptors (Lipinski definition) is 3. The van der Waals surface area contributed by atoms with Crippen LogP contribution in [0.5, 0.6) is 11.5 Å². The number of nitrogens with zero attached hydrogens (tertiary/aromatic N) is 1. The zero-order valence-electron chi connectivity index (χ0n) is 16.8. The van der Waals surface area contributed by atoms with Gasteiger partial charge in [0, 0.05) is 12.4 Å². The van der Waals surface area contributed by atoms with E-state index in [4.69, 9.17) is 14.5 Å². The van der Waals surface area contributed by atoms with Crippen molar-refractivity contribution in [3.05, 3.63) is 77.9 Å². The molecule has 0 aliphatic heterocycles. The minimum Gasteiger partial charge on any atom is -0.497 e. The molecule has 0 fully saturated rings. The van der Waals surface area contributed by atoms with Crippen molar-refractivity contribution in [1.82, 2.24) is 0 Å². The van der Waals surface area contributed by atoms with Crippen molar-refractivity contribution in [2.24, 2.45) is 4.99 Å². The molecule has 0 N–H and O–H groups in total. The number of aryl methyl sites for hydroxylation is 2. The first-order valence-electron chi connectivity index (χ1n) is 9.26. The highest BCUT2D eigenvalue weighted by molar-refractivity contribution is 7.73. The Kier molecular flexibility index (Phi) is 6.84. The molecule has 0 radical (unpaired) electrons. The van der Waals surface area contributed by atoms with Gasteiger partial charge >= 0.3 is 0 Å². The number of hydrogen-bond donors (Lipinski definition) is 0. The van der Waals surface area contributed by atoms with Gasteiger partial charge in [0.15, 0.2) is 0 Å². The van der Waals surface area contributed by atoms with E-state index in [9.17, 15) is 0 Å². The lowest BCUT2D eigenvalue weighted by atomic mass is 10.1. The van der Waals surface area contributed by atoms with Crippen molar-refractivity contribution in [1.29, 1.82) is 0 Å². The van der Waals surface area contributed by atoms with Gasteiger partial charge in [-0.1, -0.05) is 42.5 Å². The quantitative estimate of drug-likeness (QED) is 0.412. The Labute approximate surface area is 168 Å². The predicted molar refractivity (Wildman–Crippen MR) is 121 cm³/mol. The van der Waals surface area contributed by atoms with Crippen LogP contribution in [0.25, 0.3) is 0 Å². The summed E-state index contributed by atoms with van der Waals surface area (Å²) in [6, 6.07) is 23.0. The fourth-order valence-corrected chi connectivity index (χ4v) is 5.09. The van der Waals surface area contributed by atoms with Gasteiger partial charge in [-0.05, 0) is 67.8 Å². The minimum atomic E-state index is -0.562. The second-order valence-electron chi connectivity index (χ2n) is 6.56. The predicted octanol–water partition coefficient (Wildman–Crippen LogP) is 5.16. The molecule has 0 aliphatic rings. The molecule has 0 aromatic heterocycles. The molecule has 0 spiro atoms. The molecule has 0 bridgehead atoms. The van der Waals surface area contributed by atoms with Gasteiger partial charge in [0.05, 0.1) is 19.9 Å². The minimum absolute atomic E-state index is 0.562. The smallest absolute Gasteiger partial charge is 0.118 e. The molecule has 4 heteroatoms. The van der Waals surface area contributed by atoms with Crippen LogP contribution < -0.4 is 20.1 Å². The Morgan fingerprint density at radius 3 is 1.64 bits per heavy atom. The summed E-state index contributed by atoms with van der Waals surface area (Å²) in [6.07, 6.45) is 2.94. The van der Waals surface area contributed by atoms with E-state index in [1.54, 1.807) is 14.2 Å². The summed E-state index contributed by atoms with van der Waals surface area (Å²) in [4.78, 5) is 4.81. The first-order valence-corrected chi connectivity index (χ1v) is 10.8. The van der Waals surface area contributed by atoms with Crippen molar-refractivity contribution >= 4 is 30.4 Å². The van der Waals surface area contributed by atoms with E-state index in [0.29, 0.717) is 0 Å². The monoisotopic (exact) mass is 391 g/mol. The van der Waals surface area contributed by atoms with Gasteiger partial charge in [-0.15, -0.1) is 0 Å². The summed E-state index contributed by atoms with van der Waals surface area (Å²) >= 11 is 0. The van der Waals surface area contributed by atoms with Crippen LogP contribution in [0.15, 0.2) is 71.7 Å². The number of rotatable bonds is 7. The molecule has 0 heterocycles. The van der Waals surface area contributed by atoms with Crippen LogP contribution in [0.4, 0.5) is 5.69 Å². The summed E-state index contributed by atoms with van der Waals surface area (Å²) in [5, 5.41) is 2.60. The van der Waals surface area contributed by atoms with Crippen molar-refractivity contribution in [2.45, 2.75) is 13.8 Å². The van der Waals surface area contributed by atoms with Crippen LogP contribution in [0.3, 0.4) is 0 Å². The number of ether oxygens (including phenoxy) is 2. The van der Waals surface area contributed by atoms with Crippen molar-refractivity contribution < 1.29 is 9.47 Å². The third kappa shape index (κ3) is 4.79. The first-order chi connectivity index (χ1) is 13.6. The molecule has 144 valence electrons. The molecule has 3 nitrogen and oxygen atoms in total. The Morgan fingerprint density at radius 1 is 0.750 bits per heavy atom. The van der Waals surface area contributed by atoms with Crippen LogP contribution in [0.2, 0.25) is 0 Å². The third-order valence-electron chi connectivity index (χ3n) is 4.69. The average Bonchev–Trinajstić information content (AvgIpc) is 2.73. The lowest BCUT2D eigenvalue weighted by Crippen LogP contribution is -2.14. The molecule has 0 saturated heterocycles. The first kappa shape index (κ1) is 20.1. The molecular formula is C24H26NO2P. The average molecular weight is 391 g/mol. The zero-order chi connectivity index (χ0) is 19.9. The Morgan fingerprint density at radius 2 is 1.21 bits per heavy atom. The second-order valence-corrected chi connectivity index (χ2v) is 8.81. The summed E-state index contributed by atoms with van der Waals surface area (Å²) in [5.41, 5.74) is 3.48. The van der Waals surface area contributed by atoms with Gasteiger partial charge in [-0.2, -0.15) is 0 Å². The molecule has 28 heavy (non-hydrogen) atoms. The van der Waals surface area contributed by atoms with E-state index >= 15 is 0 Å². The van der Waals surface area contributed by atoms with Crippen molar-refractivity contribution in [3.63, 3.8) is 0 Å². The van der Waals surface area contributed by atoms with E-state index in [1.807, 2.05) is 24.3 Å². The van der Waals surface area contributed by atoms with Gasteiger partial charge in [0.25, 0.3) is 0 Å². The molecule has 0 unspecified atom stereocenters. The Balaban J connectivity index is 1.89. The molecule has 3 rings (SSSR count). The standard InChI is InChI=1S/C24H26NO2P/c1-18-6-5-7-19(2)24(18)25-16-17-28(22-12-8-20(26-3)9-13-22)23-14-10-21(27-4)11-15-23/h5-16H,17H2,1-4H3. The fraction of sp³-hybridized carbons (Fsp3) is 0.208. The van der Waals surface area contributed by atoms with E-state index in [0.717, 1.165) is 23.3 Å². The molecule has 0 atom stereocenters. The Hall–Kier alpha value is -2.64. The molecule has 3 aromatic carbocycles. The molecule has 0 saturated carbocycles. The van der Waals surface area contributed by atoms with Gasteiger partial charge in [0.2, 0.25) is 0 Å². The largest absolute Gasteiger partial charge is 0.497 e. The molecular weight excluding hydrogens is 365 g/mol. The normalized spacial score (nSPS) is 11.2. The molecule has 3 aromatic rings. The lowest BCUT2D eigenvalue weighted by molar-refractivity contribution is 0.415. The van der Waals surface area contributed by atoms with Gasteiger partial charge < -0.3 is 9.47 Å². The topological polar surface area (TPSA) is 30.8 Å². The maximum Gasteiger partial charge on any atom is 0.118 e.